The lowest BCUT2D eigenvalue weighted by molar-refractivity contribution is -0.147. The Labute approximate surface area is 289 Å². The Hall–Kier alpha value is -1.18. The third-order valence-electron chi connectivity index (χ3n) is 8.21. The van der Waals surface area contributed by atoms with E-state index >= 15 is 0 Å². The SMILES string of the molecule is CCCCCC/C=C\CCCCCCCC/C=C\O[C@H](COC(=O)CCCCCCCCCCCCCC)COP(=O)(O)OCCN. The molecule has 0 rings (SSSR count). The zero-order valence-corrected chi connectivity index (χ0v) is 31.4. The number of allylic oxidation sites excluding steroid dienone is 3. The van der Waals surface area contributed by atoms with Crippen molar-refractivity contribution in [2.45, 2.75) is 187 Å². The van der Waals surface area contributed by atoms with Crippen molar-refractivity contribution in [1.82, 2.24) is 0 Å². The van der Waals surface area contributed by atoms with Gasteiger partial charge in [0.05, 0.1) is 19.5 Å². The smallest absolute Gasteiger partial charge is 0.472 e. The molecular formula is C38H74NO7P. The molecule has 0 aromatic carbocycles. The molecule has 1 unspecified atom stereocenters. The average Bonchev–Trinajstić information content (AvgIpc) is 3.06. The molecular weight excluding hydrogens is 613 g/mol. The van der Waals surface area contributed by atoms with Crippen molar-refractivity contribution in [3.63, 3.8) is 0 Å². The number of carbonyl (C=O) groups excluding carboxylic acids is 1. The van der Waals surface area contributed by atoms with Gasteiger partial charge in [0.15, 0.2) is 6.10 Å². The van der Waals surface area contributed by atoms with Crippen LogP contribution in [0.4, 0.5) is 0 Å². The minimum absolute atomic E-state index is 0.0631. The van der Waals surface area contributed by atoms with Crippen molar-refractivity contribution < 1.29 is 32.8 Å². The van der Waals surface area contributed by atoms with E-state index in [2.05, 4.69) is 26.0 Å². The average molecular weight is 688 g/mol. The summed E-state index contributed by atoms with van der Waals surface area (Å²) >= 11 is 0. The van der Waals surface area contributed by atoms with Gasteiger partial charge in [-0.3, -0.25) is 13.8 Å². The highest BCUT2D eigenvalue weighted by atomic mass is 31.2. The molecule has 47 heavy (non-hydrogen) atoms. The Bertz CT molecular complexity index is 777. The lowest BCUT2D eigenvalue weighted by atomic mass is 10.0. The quantitative estimate of drug-likeness (QED) is 0.0218. The van der Waals surface area contributed by atoms with Crippen molar-refractivity contribution in [2.24, 2.45) is 5.73 Å². The maximum Gasteiger partial charge on any atom is 0.472 e. The topological polar surface area (TPSA) is 117 Å². The van der Waals surface area contributed by atoms with Crippen molar-refractivity contribution >= 4 is 13.8 Å². The van der Waals surface area contributed by atoms with Gasteiger partial charge in [-0.2, -0.15) is 0 Å². The van der Waals surface area contributed by atoms with E-state index in [9.17, 15) is 14.3 Å². The van der Waals surface area contributed by atoms with Crippen LogP contribution in [-0.2, 0) is 27.9 Å². The third-order valence-corrected chi connectivity index (χ3v) is 9.19. The normalized spacial score (nSPS) is 13.8. The number of hydrogen-bond acceptors (Lipinski definition) is 7. The van der Waals surface area contributed by atoms with Crippen molar-refractivity contribution in [3.05, 3.63) is 24.5 Å². The van der Waals surface area contributed by atoms with Gasteiger partial charge < -0.3 is 20.1 Å². The van der Waals surface area contributed by atoms with Crippen LogP contribution in [0.3, 0.4) is 0 Å². The maximum absolute atomic E-state index is 12.3. The number of phosphoric acid groups is 1. The number of unbranched alkanes of at least 4 members (excludes halogenated alkanes) is 22. The minimum Gasteiger partial charge on any atom is -0.492 e. The van der Waals surface area contributed by atoms with E-state index in [0.717, 1.165) is 32.1 Å². The second kappa shape index (κ2) is 36.1. The van der Waals surface area contributed by atoms with E-state index in [1.54, 1.807) is 6.26 Å². The molecule has 0 amide bonds. The number of carbonyl (C=O) groups is 1. The second-order valence-electron chi connectivity index (χ2n) is 12.9. The molecule has 0 aliphatic heterocycles. The molecule has 0 aliphatic rings. The van der Waals surface area contributed by atoms with Crippen LogP contribution < -0.4 is 5.73 Å². The summed E-state index contributed by atoms with van der Waals surface area (Å²) in [5.41, 5.74) is 5.35. The van der Waals surface area contributed by atoms with Crippen molar-refractivity contribution in [3.8, 4) is 0 Å². The van der Waals surface area contributed by atoms with Crippen LogP contribution in [0.25, 0.3) is 0 Å². The van der Waals surface area contributed by atoms with Gasteiger partial charge in [0, 0.05) is 13.0 Å². The van der Waals surface area contributed by atoms with Crippen molar-refractivity contribution in [1.29, 1.82) is 0 Å². The molecule has 2 atom stereocenters. The van der Waals surface area contributed by atoms with Crippen molar-refractivity contribution in [2.75, 3.05) is 26.4 Å². The Morgan fingerprint density at radius 3 is 1.60 bits per heavy atom. The standard InChI is InChI=1S/C38H74NO7P/c1-3-5-7-9-11-13-15-17-18-19-20-22-24-26-28-30-33-43-37(36-46-47(41,42)45-34-32-39)35-44-38(40)31-29-27-25-23-21-16-14-12-10-8-6-4-2/h13,15,30,33,37H,3-12,14,16-29,31-32,34-36,39H2,1-2H3,(H,41,42)/b15-13-,33-30-/t37-/m1/s1. The molecule has 0 saturated heterocycles. The van der Waals surface area contributed by atoms with E-state index in [4.69, 9.17) is 24.3 Å². The molecule has 0 aliphatic carbocycles. The lowest BCUT2D eigenvalue weighted by Crippen LogP contribution is -2.25. The molecule has 0 radical (unpaired) electrons. The molecule has 0 bridgehead atoms. The fourth-order valence-corrected chi connectivity index (χ4v) is 6.03. The highest BCUT2D eigenvalue weighted by Gasteiger charge is 2.24. The first kappa shape index (κ1) is 45.8. The van der Waals surface area contributed by atoms with Gasteiger partial charge in [0.1, 0.15) is 6.61 Å². The van der Waals surface area contributed by atoms with E-state index < -0.39 is 13.9 Å². The largest absolute Gasteiger partial charge is 0.492 e. The molecule has 0 aromatic rings. The summed E-state index contributed by atoms with van der Waals surface area (Å²) in [4.78, 5) is 22.2. The second-order valence-corrected chi connectivity index (χ2v) is 14.3. The fourth-order valence-electron chi connectivity index (χ4n) is 5.27. The van der Waals surface area contributed by atoms with Gasteiger partial charge >= 0.3 is 13.8 Å². The van der Waals surface area contributed by atoms with Crippen LogP contribution in [0.5, 0.6) is 0 Å². The van der Waals surface area contributed by atoms with Gasteiger partial charge in [0.25, 0.3) is 0 Å². The van der Waals surface area contributed by atoms with E-state index in [1.165, 1.54) is 128 Å². The summed E-state index contributed by atoms with van der Waals surface area (Å²) in [5.74, 6) is -0.292. The molecule has 0 heterocycles. The first-order chi connectivity index (χ1) is 22.9. The van der Waals surface area contributed by atoms with Crippen LogP contribution >= 0.6 is 7.82 Å². The van der Waals surface area contributed by atoms with Gasteiger partial charge in [0.2, 0.25) is 0 Å². The first-order valence-electron chi connectivity index (χ1n) is 19.4. The molecule has 8 nitrogen and oxygen atoms in total. The number of nitrogens with two attached hydrogens (primary N) is 1. The highest BCUT2D eigenvalue weighted by molar-refractivity contribution is 7.47. The van der Waals surface area contributed by atoms with E-state index in [-0.39, 0.29) is 32.3 Å². The zero-order valence-electron chi connectivity index (χ0n) is 30.5. The Morgan fingerprint density at radius 1 is 0.638 bits per heavy atom. The third kappa shape index (κ3) is 35.9. The molecule has 0 spiro atoms. The van der Waals surface area contributed by atoms with Crippen LogP contribution in [-0.4, -0.2) is 43.3 Å². The minimum atomic E-state index is -4.26. The Kier molecular flexibility index (Phi) is 35.2. The van der Waals surface area contributed by atoms with Crippen LogP contribution in [0.15, 0.2) is 24.5 Å². The highest BCUT2D eigenvalue weighted by Crippen LogP contribution is 2.43. The zero-order chi connectivity index (χ0) is 34.5. The first-order valence-corrected chi connectivity index (χ1v) is 20.9. The van der Waals surface area contributed by atoms with Gasteiger partial charge in [-0.05, 0) is 51.0 Å². The maximum atomic E-state index is 12.3. The summed E-state index contributed by atoms with van der Waals surface area (Å²) in [6, 6.07) is 0. The summed E-state index contributed by atoms with van der Waals surface area (Å²) in [7, 11) is -4.26. The molecule has 9 heteroatoms. The molecule has 0 saturated carbocycles. The summed E-state index contributed by atoms with van der Waals surface area (Å²) in [6.07, 6.45) is 38.6. The van der Waals surface area contributed by atoms with Crippen LogP contribution in [0.2, 0.25) is 0 Å². The lowest BCUT2D eigenvalue weighted by Gasteiger charge is -2.19. The number of ether oxygens (including phenoxy) is 2. The molecule has 0 fully saturated rings. The Balaban J connectivity index is 4.13. The summed E-state index contributed by atoms with van der Waals surface area (Å²) < 4.78 is 33.1. The fraction of sp³-hybridized carbons (Fsp3) is 0.868. The Morgan fingerprint density at radius 2 is 1.09 bits per heavy atom. The van der Waals surface area contributed by atoms with Gasteiger partial charge in [-0.15, -0.1) is 0 Å². The molecule has 3 N–H and O–H groups in total. The number of phosphoric ester groups is 1. The van der Waals surface area contributed by atoms with E-state index in [1.807, 2.05) is 6.08 Å². The predicted molar refractivity (Wildman–Crippen MR) is 196 cm³/mol. The van der Waals surface area contributed by atoms with Gasteiger partial charge in [-0.25, -0.2) is 4.57 Å². The number of hydrogen-bond donors (Lipinski definition) is 2. The van der Waals surface area contributed by atoms with Gasteiger partial charge in [-0.1, -0.05) is 142 Å². The van der Waals surface area contributed by atoms with E-state index in [0.29, 0.717) is 6.42 Å². The molecule has 278 valence electrons. The predicted octanol–water partition coefficient (Wildman–Crippen LogP) is 11.3. The molecule has 0 aromatic heterocycles. The number of rotatable bonds is 37. The summed E-state index contributed by atoms with van der Waals surface area (Å²) in [6.45, 7) is 4.20. The number of esters is 1. The van der Waals surface area contributed by atoms with Crippen LogP contribution in [0, 0.1) is 0 Å². The monoisotopic (exact) mass is 688 g/mol. The van der Waals surface area contributed by atoms with Crippen LogP contribution in [0.1, 0.15) is 181 Å². The summed E-state index contributed by atoms with van der Waals surface area (Å²) in [5, 5.41) is 0.